The van der Waals surface area contributed by atoms with Crippen molar-refractivity contribution < 1.29 is 14.3 Å². The highest BCUT2D eigenvalue weighted by Gasteiger charge is 2.40. The summed E-state index contributed by atoms with van der Waals surface area (Å²) in [6.45, 7) is 2.55. The van der Waals surface area contributed by atoms with Crippen LogP contribution in [0.1, 0.15) is 27.9 Å². The number of carbonyl (C=O) groups excluding carboxylic acids is 1. The van der Waals surface area contributed by atoms with Gasteiger partial charge in [-0.1, -0.05) is 12.1 Å². The molecular weight excluding hydrogens is 321 g/mol. The minimum absolute atomic E-state index is 0.143. The third-order valence-corrected chi connectivity index (χ3v) is 4.84. The topological polar surface area (TPSA) is 69.2 Å². The van der Waals surface area contributed by atoms with Crippen molar-refractivity contribution in [1.29, 1.82) is 0 Å². The number of hydrogen-bond donors (Lipinski definition) is 2. The SMILES string of the molecule is Cc1cc(C(=O)N2CCC(O)(c3ccc(F)cc3)C2)c2[nH]ncc2c1. The van der Waals surface area contributed by atoms with Crippen LogP contribution in [-0.4, -0.2) is 39.2 Å². The maximum atomic E-state index is 13.1. The van der Waals surface area contributed by atoms with Gasteiger partial charge in [0.05, 0.1) is 23.8 Å². The van der Waals surface area contributed by atoms with Crippen molar-refractivity contribution in [3.8, 4) is 0 Å². The first-order chi connectivity index (χ1) is 12.0. The molecule has 2 N–H and O–H groups in total. The van der Waals surface area contributed by atoms with Crippen LogP contribution in [-0.2, 0) is 5.60 Å². The zero-order valence-electron chi connectivity index (χ0n) is 13.8. The second-order valence-corrected chi connectivity index (χ2v) is 6.66. The number of hydrogen-bond acceptors (Lipinski definition) is 3. The molecule has 0 aliphatic carbocycles. The van der Waals surface area contributed by atoms with Gasteiger partial charge in [0, 0.05) is 11.9 Å². The van der Waals surface area contributed by atoms with Gasteiger partial charge in [0.25, 0.3) is 5.91 Å². The Morgan fingerprint density at radius 3 is 2.84 bits per heavy atom. The number of rotatable bonds is 2. The van der Waals surface area contributed by atoms with Crippen molar-refractivity contribution in [2.24, 2.45) is 0 Å². The number of aryl methyl sites for hydroxylation is 1. The van der Waals surface area contributed by atoms with Gasteiger partial charge >= 0.3 is 0 Å². The fourth-order valence-electron chi connectivity index (χ4n) is 3.51. The summed E-state index contributed by atoms with van der Waals surface area (Å²) in [6.07, 6.45) is 2.11. The van der Waals surface area contributed by atoms with Gasteiger partial charge in [-0.05, 0) is 48.7 Å². The van der Waals surface area contributed by atoms with Crippen molar-refractivity contribution in [3.05, 3.63) is 65.1 Å². The Labute approximate surface area is 144 Å². The van der Waals surface area contributed by atoms with E-state index in [1.165, 1.54) is 12.1 Å². The molecule has 2 heterocycles. The zero-order valence-corrected chi connectivity index (χ0v) is 13.8. The molecule has 1 atom stereocenters. The monoisotopic (exact) mass is 339 g/mol. The molecule has 0 bridgehead atoms. The highest BCUT2D eigenvalue weighted by molar-refractivity contribution is 6.05. The van der Waals surface area contributed by atoms with Crippen molar-refractivity contribution in [2.75, 3.05) is 13.1 Å². The minimum Gasteiger partial charge on any atom is -0.383 e. The molecule has 2 aromatic carbocycles. The Balaban J connectivity index is 1.63. The first kappa shape index (κ1) is 15.8. The van der Waals surface area contributed by atoms with E-state index in [1.807, 2.05) is 19.1 Å². The third-order valence-electron chi connectivity index (χ3n) is 4.84. The summed E-state index contributed by atoms with van der Waals surface area (Å²) in [5.41, 5.74) is 1.70. The molecule has 0 saturated carbocycles. The average molecular weight is 339 g/mol. The van der Waals surface area contributed by atoms with Gasteiger partial charge in [0.1, 0.15) is 11.4 Å². The molecule has 1 unspecified atom stereocenters. The molecule has 3 aromatic rings. The van der Waals surface area contributed by atoms with E-state index in [0.29, 0.717) is 29.6 Å². The summed E-state index contributed by atoms with van der Waals surface area (Å²) in [5.74, 6) is -0.490. The predicted molar refractivity (Wildman–Crippen MR) is 91.6 cm³/mol. The van der Waals surface area contributed by atoms with Crippen LogP contribution in [0.5, 0.6) is 0 Å². The Morgan fingerprint density at radius 2 is 2.08 bits per heavy atom. The Kier molecular flexibility index (Phi) is 3.58. The highest BCUT2D eigenvalue weighted by atomic mass is 19.1. The van der Waals surface area contributed by atoms with E-state index in [-0.39, 0.29) is 18.3 Å². The number of aromatic nitrogens is 2. The standard InChI is InChI=1S/C19H18FN3O2/c1-12-8-13-10-21-22-17(13)16(9-12)18(24)23-7-6-19(25,11-23)14-2-4-15(20)5-3-14/h2-5,8-10,25H,6-7,11H2,1H3,(H,21,22). The first-order valence-corrected chi connectivity index (χ1v) is 8.18. The second kappa shape index (κ2) is 5.67. The molecule has 1 saturated heterocycles. The molecule has 4 rings (SSSR count). The number of fused-ring (bicyclic) bond motifs is 1. The molecule has 25 heavy (non-hydrogen) atoms. The Bertz CT molecular complexity index is 951. The Hall–Kier alpha value is -2.73. The lowest BCUT2D eigenvalue weighted by atomic mass is 9.93. The zero-order chi connectivity index (χ0) is 17.6. The lowest BCUT2D eigenvalue weighted by molar-refractivity contribution is 0.0417. The van der Waals surface area contributed by atoms with Crippen molar-refractivity contribution >= 4 is 16.8 Å². The molecule has 1 aliphatic heterocycles. The number of H-pyrrole nitrogens is 1. The van der Waals surface area contributed by atoms with Crippen LogP contribution >= 0.6 is 0 Å². The van der Waals surface area contributed by atoms with Crippen LogP contribution in [0, 0.1) is 12.7 Å². The molecule has 0 spiro atoms. The van der Waals surface area contributed by atoms with Crippen molar-refractivity contribution in [2.45, 2.75) is 18.9 Å². The normalized spacial score (nSPS) is 20.4. The van der Waals surface area contributed by atoms with Gasteiger partial charge in [-0.15, -0.1) is 0 Å². The summed E-state index contributed by atoms with van der Waals surface area (Å²) in [5, 5.41) is 18.7. The van der Waals surface area contributed by atoms with Gasteiger partial charge in [-0.25, -0.2) is 4.39 Å². The fraction of sp³-hybridized carbons (Fsp3) is 0.263. The number of aromatic amines is 1. The number of benzene rings is 2. The molecule has 1 fully saturated rings. The maximum Gasteiger partial charge on any atom is 0.256 e. The van der Waals surface area contributed by atoms with E-state index in [1.54, 1.807) is 23.2 Å². The van der Waals surface area contributed by atoms with Crippen molar-refractivity contribution in [1.82, 2.24) is 15.1 Å². The van der Waals surface area contributed by atoms with E-state index in [0.717, 1.165) is 10.9 Å². The number of aliphatic hydroxyl groups is 1. The summed E-state index contributed by atoms with van der Waals surface area (Å²) < 4.78 is 13.1. The number of nitrogens with zero attached hydrogens (tertiary/aromatic N) is 2. The van der Waals surface area contributed by atoms with Crippen molar-refractivity contribution in [3.63, 3.8) is 0 Å². The van der Waals surface area contributed by atoms with Crippen LogP contribution < -0.4 is 0 Å². The van der Waals surface area contributed by atoms with Gasteiger partial charge in [0.2, 0.25) is 0 Å². The van der Waals surface area contributed by atoms with Crippen LogP contribution in [0.4, 0.5) is 4.39 Å². The van der Waals surface area contributed by atoms with Gasteiger partial charge < -0.3 is 10.0 Å². The summed E-state index contributed by atoms with van der Waals surface area (Å²) >= 11 is 0. The largest absolute Gasteiger partial charge is 0.383 e. The van der Waals surface area contributed by atoms with Gasteiger partial charge in [0.15, 0.2) is 0 Å². The van der Waals surface area contributed by atoms with Crippen LogP contribution in [0.25, 0.3) is 10.9 Å². The number of β-amino-alcohol motifs (C(OH)–C–C–N with tert-alkyl or cyclic N) is 1. The fourth-order valence-corrected chi connectivity index (χ4v) is 3.51. The lowest BCUT2D eigenvalue weighted by Crippen LogP contribution is -2.34. The molecule has 128 valence electrons. The molecular formula is C19H18FN3O2. The number of halogens is 1. The average Bonchev–Trinajstić information content (AvgIpc) is 3.21. The molecule has 1 aromatic heterocycles. The number of nitrogens with one attached hydrogen (secondary N) is 1. The first-order valence-electron chi connectivity index (χ1n) is 8.18. The van der Waals surface area contributed by atoms with E-state index in [2.05, 4.69) is 10.2 Å². The molecule has 1 aliphatic rings. The van der Waals surface area contributed by atoms with Crippen LogP contribution in [0.3, 0.4) is 0 Å². The summed E-state index contributed by atoms with van der Waals surface area (Å²) in [7, 11) is 0. The maximum absolute atomic E-state index is 13.1. The quantitative estimate of drug-likeness (QED) is 0.754. The molecule has 0 radical (unpaired) electrons. The smallest absolute Gasteiger partial charge is 0.256 e. The summed E-state index contributed by atoms with van der Waals surface area (Å²) in [6, 6.07) is 9.59. The predicted octanol–water partition coefficient (Wildman–Crippen LogP) is 2.74. The van der Waals surface area contributed by atoms with Gasteiger partial charge in [-0.3, -0.25) is 9.89 Å². The second-order valence-electron chi connectivity index (χ2n) is 6.66. The van der Waals surface area contributed by atoms with Crippen LogP contribution in [0.15, 0.2) is 42.6 Å². The van der Waals surface area contributed by atoms with Crippen LogP contribution in [0.2, 0.25) is 0 Å². The molecule has 6 heteroatoms. The Morgan fingerprint density at radius 1 is 1.32 bits per heavy atom. The number of carbonyl (C=O) groups is 1. The van der Waals surface area contributed by atoms with Gasteiger partial charge in [-0.2, -0.15) is 5.10 Å². The highest BCUT2D eigenvalue weighted by Crippen LogP contribution is 2.33. The number of amides is 1. The van der Waals surface area contributed by atoms with E-state index in [9.17, 15) is 14.3 Å². The summed E-state index contributed by atoms with van der Waals surface area (Å²) in [4.78, 5) is 14.6. The van der Waals surface area contributed by atoms with E-state index >= 15 is 0 Å². The number of likely N-dealkylation sites (tertiary alicyclic amines) is 1. The molecule has 1 amide bonds. The molecule has 5 nitrogen and oxygen atoms in total. The van der Waals surface area contributed by atoms with E-state index in [4.69, 9.17) is 0 Å². The minimum atomic E-state index is -1.15. The van der Waals surface area contributed by atoms with E-state index < -0.39 is 5.60 Å². The third kappa shape index (κ3) is 2.68. The lowest BCUT2D eigenvalue weighted by Gasteiger charge is -2.24.